The first-order valence-corrected chi connectivity index (χ1v) is 6.56. The summed E-state index contributed by atoms with van der Waals surface area (Å²) in [6.45, 7) is 1.49. The number of hydrogen-bond donors (Lipinski definition) is 1. The maximum atomic E-state index is 10.2. The van der Waals surface area contributed by atoms with Crippen LogP contribution in [0.2, 0.25) is 0 Å². The zero-order valence-electron chi connectivity index (χ0n) is 10.4. The van der Waals surface area contributed by atoms with E-state index in [1.807, 2.05) is 12.1 Å². The zero-order valence-corrected chi connectivity index (χ0v) is 10.4. The van der Waals surface area contributed by atoms with Crippen LogP contribution in [0.3, 0.4) is 0 Å². The highest BCUT2D eigenvalue weighted by atomic mass is 16.5. The Morgan fingerprint density at radius 3 is 2.78 bits per heavy atom. The minimum absolute atomic E-state index is 0.284. The van der Waals surface area contributed by atoms with E-state index < -0.39 is 0 Å². The largest absolute Gasteiger partial charge is 0.392 e. The summed E-state index contributed by atoms with van der Waals surface area (Å²) >= 11 is 0. The third-order valence-electron chi connectivity index (χ3n) is 3.77. The predicted octanol–water partition coefficient (Wildman–Crippen LogP) is 2.78. The second-order valence-electron chi connectivity index (χ2n) is 5.08. The van der Waals surface area contributed by atoms with Crippen LogP contribution in [0.4, 0.5) is 0 Å². The van der Waals surface area contributed by atoms with Crippen molar-refractivity contribution in [1.82, 2.24) is 0 Å². The molecule has 18 heavy (non-hydrogen) atoms. The van der Waals surface area contributed by atoms with Gasteiger partial charge < -0.3 is 9.84 Å². The predicted molar refractivity (Wildman–Crippen MR) is 72.6 cm³/mol. The first-order valence-electron chi connectivity index (χ1n) is 6.56. The SMILES string of the molecule is OC(Cc1ccc2ccccc2c1)C1CCOC1. The van der Waals surface area contributed by atoms with Gasteiger partial charge in [0, 0.05) is 12.5 Å². The Morgan fingerprint density at radius 2 is 2.00 bits per heavy atom. The van der Waals surface area contributed by atoms with Gasteiger partial charge in [-0.2, -0.15) is 0 Å². The molecule has 94 valence electrons. The molecule has 0 spiro atoms. The lowest BCUT2D eigenvalue weighted by molar-refractivity contribution is 0.0919. The van der Waals surface area contributed by atoms with E-state index in [0.29, 0.717) is 12.5 Å². The van der Waals surface area contributed by atoms with Gasteiger partial charge in [0.25, 0.3) is 0 Å². The minimum Gasteiger partial charge on any atom is -0.392 e. The van der Waals surface area contributed by atoms with Gasteiger partial charge in [-0.3, -0.25) is 0 Å². The molecule has 2 nitrogen and oxygen atoms in total. The van der Waals surface area contributed by atoms with Crippen LogP contribution in [-0.2, 0) is 11.2 Å². The Morgan fingerprint density at radius 1 is 1.17 bits per heavy atom. The van der Waals surface area contributed by atoms with Gasteiger partial charge in [0.2, 0.25) is 0 Å². The monoisotopic (exact) mass is 242 g/mol. The number of aliphatic hydroxyl groups excluding tert-OH is 1. The molecule has 0 radical (unpaired) electrons. The maximum Gasteiger partial charge on any atom is 0.0631 e. The number of rotatable bonds is 3. The topological polar surface area (TPSA) is 29.5 Å². The lowest BCUT2D eigenvalue weighted by Gasteiger charge is -2.16. The van der Waals surface area contributed by atoms with E-state index in [1.165, 1.54) is 16.3 Å². The first kappa shape index (κ1) is 11.7. The van der Waals surface area contributed by atoms with Crippen molar-refractivity contribution in [3.05, 3.63) is 48.0 Å². The van der Waals surface area contributed by atoms with Crippen LogP contribution in [0.25, 0.3) is 10.8 Å². The maximum absolute atomic E-state index is 10.2. The Labute approximate surface area is 107 Å². The smallest absolute Gasteiger partial charge is 0.0631 e. The van der Waals surface area contributed by atoms with Crippen molar-refractivity contribution in [3.63, 3.8) is 0 Å². The van der Waals surface area contributed by atoms with Crippen LogP contribution in [-0.4, -0.2) is 24.4 Å². The van der Waals surface area contributed by atoms with Crippen molar-refractivity contribution in [2.75, 3.05) is 13.2 Å². The fourth-order valence-electron chi connectivity index (χ4n) is 2.63. The minimum atomic E-state index is -0.284. The average Bonchev–Trinajstić information content (AvgIpc) is 2.92. The summed E-state index contributed by atoms with van der Waals surface area (Å²) in [6, 6.07) is 14.7. The molecule has 1 saturated heterocycles. The van der Waals surface area contributed by atoms with Crippen LogP contribution >= 0.6 is 0 Å². The molecule has 2 aromatic rings. The Hall–Kier alpha value is -1.38. The number of hydrogen-bond acceptors (Lipinski definition) is 2. The van der Waals surface area contributed by atoms with Gasteiger partial charge >= 0.3 is 0 Å². The quantitative estimate of drug-likeness (QED) is 0.896. The number of fused-ring (bicyclic) bond motifs is 1. The fourth-order valence-corrected chi connectivity index (χ4v) is 2.63. The van der Waals surface area contributed by atoms with Gasteiger partial charge in [0.05, 0.1) is 12.7 Å². The summed E-state index contributed by atoms with van der Waals surface area (Å²) < 4.78 is 5.33. The molecule has 1 heterocycles. The van der Waals surface area contributed by atoms with Crippen molar-refractivity contribution in [1.29, 1.82) is 0 Å². The van der Waals surface area contributed by atoms with Crippen LogP contribution in [0.1, 0.15) is 12.0 Å². The van der Waals surface area contributed by atoms with E-state index in [4.69, 9.17) is 4.74 Å². The lowest BCUT2D eigenvalue weighted by Crippen LogP contribution is -2.22. The van der Waals surface area contributed by atoms with Crippen LogP contribution < -0.4 is 0 Å². The second kappa shape index (κ2) is 5.09. The van der Waals surface area contributed by atoms with E-state index in [9.17, 15) is 5.11 Å². The van der Waals surface area contributed by atoms with Crippen molar-refractivity contribution in [3.8, 4) is 0 Å². The Balaban J connectivity index is 1.77. The molecule has 2 heteroatoms. The van der Waals surface area contributed by atoms with Gasteiger partial charge in [-0.1, -0.05) is 42.5 Å². The average molecular weight is 242 g/mol. The molecule has 0 bridgehead atoms. The Kier molecular flexibility index (Phi) is 3.31. The van der Waals surface area contributed by atoms with Crippen molar-refractivity contribution >= 4 is 10.8 Å². The molecule has 2 aromatic carbocycles. The molecule has 0 aliphatic carbocycles. The van der Waals surface area contributed by atoms with Gasteiger partial charge in [-0.05, 0) is 29.2 Å². The highest BCUT2D eigenvalue weighted by molar-refractivity contribution is 5.82. The van der Waals surface area contributed by atoms with Crippen LogP contribution in [0, 0.1) is 5.92 Å². The summed E-state index contributed by atoms with van der Waals surface area (Å²) in [4.78, 5) is 0. The molecule has 1 aliphatic rings. The normalized spacial score (nSPS) is 21.3. The molecular formula is C16H18O2. The molecule has 0 amide bonds. The summed E-state index contributed by atoms with van der Waals surface area (Å²) in [5, 5.41) is 12.7. The summed E-state index contributed by atoms with van der Waals surface area (Å²) in [5.41, 5.74) is 1.20. The Bertz CT molecular complexity index is 529. The van der Waals surface area contributed by atoms with Crippen molar-refractivity contribution in [2.24, 2.45) is 5.92 Å². The third kappa shape index (κ3) is 2.40. The van der Waals surface area contributed by atoms with E-state index in [0.717, 1.165) is 19.4 Å². The lowest BCUT2D eigenvalue weighted by atomic mass is 9.94. The second-order valence-corrected chi connectivity index (χ2v) is 5.08. The van der Waals surface area contributed by atoms with Crippen LogP contribution in [0.15, 0.2) is 42.5 Å². The number of benzene rings is 2. The van der Waals surface area contributed by atoms with Crippen LogP contribution in [0.5, 0.6) is 0 Å². The molecule has 1 N–H and O–H groups in total. The molecular weight excluding hydrogens is 224 g/mol. The molecule has 3 rings (SSSR count). The number of aliphatic hydroxyl groups is 1. The molecule has 1 aliphatic heterocycles. The van der Waals surface area contributed by atoms with Gasteiger partial charge in [-0.25, -0.2) is 0 Å². The first-order chi connectivity index (χ1) is 8.83. The van der Waals surface area contributed by atoms with Crippen molar-refractivity contribution < 1.29 is 9.84 Å². The van der Waals surface area contributed by atoms with Gasteiger partial charge in [0.1, 0.15) is 0 Å². The summed E-state index contributed by atoms with van der Waals surface area (Å²) in [5.74, 6) is 0.302. The van der Waals surface area contributed by atoms with E-state index in [2.05, 4.69) is 30.3 Å². The zero-order chi connectivity index (χ0) is 12.4. The van der Waals surface area contributed by atoms with Gasteiger partial charge in [0.15, 0.2) is 0 Å². The van der Waals surface area contributed by atoms with E-state index >= 15 is 0 Å². The molecule has 2 unspecified atom stereocenters. The van der Waals surface area contributed by atoms with E-state index in [-0.39, 0.29) is 6.10 Å². The molecule has 1 fully saturated rings. The molecule has 0 aromatic heterocycles. The third-order valence-corrected chi connectivity index (χ3v) is 3.77. The van der Waals surface area contributed by atoms with Crippen molar-refractivity contribution in [2.45, 2.75) is 18.9 Å². The van der Waals surface area contributed by atoms with Gasteiger partial charge in [-0.15, -0.1) is 0 Å². The molecule has 0 saturated carbocycles. The summed E-state index contributed by atoms with van der Waals surface area (Å²) in [7, 11) is 0. The standard InChI is InChI=1S/C16H18O2/c17-16(15-7-8-18-11-15)10-12-5-6-13-3-1-2-4-14(13)9-12/h1-6,9,15-17H,7-8,10-11H2. The molecule has 2 atom stereocenters. The highest BCUT2D eigenvalue weighted by Crippen LogP contribution is 2.22. The van der Waals surface area contributed by atoms with E-state index in [1.54, 1.807) is 0 Å². The highest BCUT2D eigenvalue weighted by Gasteiger charge is 2.23. The summed E-state index contributed by atoms with van der Waals surface area (Å²) in [6.07, 6.45) is 1.42. The number of ether oxygens (including phenoxy) is 1. The fraction of sp³-hybridized carbons (Fsp3) is 0.375.